The van der Waals surface area contributed by atoms with E-state index in [2.05, 4.69) is 15.9 Å². The maximum Gasteiger partial charge on any atom is 0.168 e. The molecule has 1 nitrogen and oxygen atoms in total. The fraction of sp³-hybridized carbons (Fsp3) is 0.417. The zero-order valence-corrected chi connectivity index (χ0v) is 10.4. The van der Waals surface area contributed by atoms with E-state index in [0.29, 0.717) is 6.42 Å². The second kappa shape index (κ2) is 6.74. The first kappa shape index (κ1) is 13.3. The highest BCUT2D eigenvalue weighted by Gasteiger charge is 2.15. The van der Waals surface area contributed by atoms with Crippen molar-refractivity contribution in [3.05, 3.63) is 35.4 Å². The van der Waals surface area contributed by atoms with Crippen molar-refractivity contribution in [3.8, 4) is 0 Å². The number of hydrogen-bond donors (Lipinski definition) is 0. The lowest BCUT2D eigenvalue weighted by atomic mass is 10.0. The molecular weight excluding hydrogens is 278 g/mol. The van der Waals surface area contributed by atoms with Crippen LogP contribution in [0.1, 0.15) is 36.0 Å². The highest BCUT2D eigenvalue weighted by Crippen LogP contribution is 2.16. The predicted molar refractivity (Wildman–Crippen MR) is 63.0 cm³/mol. The fourth-order valence-corrected chi connectivity index (χ4v) is 1.84. The van der Waals surface area contributed by atoms with Crippen LogP contribution in [0.3, 0.4) is 0 Å². The number of carbonyl (C=O) groups is 1. The molecule has 0 saturated carbocycles. The summed E-state index contributed by atoms with van der Waals surface area (Å²) in [6.45, 7) is 0. The molecule has 0 radical (unpaired) electrons. The van der Waals surface area contributed by atoms with Crippen LogP contribution in [0.5, 0.6) is 0 Å². The number of benzene rings is 1. The summed E-state index contributed by atoms with van der Waals surface area (Å²) in [4.78, 5) is 11.6. The van der Waals surface area contributed by atoms with Crippen LogP contribution in [0, 0.1) is 11.6 Å². The lowest BCUT2D eigenvalue weighted by Crippen LogP contribution is -2.05. The Labute approximate surface area is 102 Å². The lowest BCUT2D eigenvalue weighted by molar-refractivity contribution is 0.0971. The number of carbonyl (C=O) groups excluding carboxylic acids is 1. The largest absolute Gasteiger partial charge is 0.294 e. The monoisotopic (exact) mass is 290 g/mol. The number of halogens is 3. The van der Waals surface area contributed by atoms with E-state index in [-0.39, 0.29) is 6.42 Å². The van der Waals surface area contributed by atoms with Gasteiger partial charge in [0.15, 0.2) is 5.78 Å². The Morgan fingerprint density at radius 1 is 1.12 bits per heavy atom. The highest BCUT2D eigenvalue weighted by molar-refractivity contribution is 9.09. The van der Waals surface area contributed by atoms with Gasteiger partial charge in [-0.1, -0.05) is 28.4 Å². The first-order chi connectivity index (χ1) is 7.66. The molecule has 0 N–H and O–H groups in total. The molecule has 1 rings (SSSR count). The van der Waals surface area contributed by atoms with Gasteiger partial charge in [0.1, 0.15) is 11.6 Å². The lowest BCUT2D eigenvalue weighted by Gasteiger charge is -2.03. The van der Waals surface area contributed by atoms with E-state index >= 15 is 0 Å². The van der Waals surface area contributed by atoms with Gasteiger partial charge < -0.3 is 0 Å². The van der Waals surface area contributed by atoms with Crippen molar-refractivity contribution in [2.45, 2.75) is 25.7 Å². The van der Waals surface area contributed by atoms with Crippen LogP contribution in [0.15, 0.2) is 18.2 Å². The standard InChI is InChI=1S/C12H13BrF2O/c13-8-3-1-2-7-11(16)12-9(14)5-4-6-10(12)15/h4-6H,1-3,7-8H2. The van der Waals surface area contributed by atoms with Gasteiger partial charge in [-0.15, -0.1) is 0 Å². The Morgan fingerprint density at radius 3 is 2.31 bits per heavy atom. The quantitative estimate of drug-likeness (QED) is 0.438. The van der Waals surface area contributed by atoms with Crippen molar-refractivity contribution < 1.29 is 13.6 Å². The van der Waals surface area contributed by atoms with Crippen molar-refractivity contribution in [1.29, 1.82) is 0 Å². The number of alkyl halides is 1. The van der Waals surface area contributed by atoms with Crippen LogP contribution in [-0.2, 0) is 0 Å². The predicted octanol–water partition coefficient (Wildman–Crippen LogP) is 4.10. The van der Waals surface area contributed by atoms with Gasteiger partial charge in [-0.05, 0) is 25.0 Å². The maximum atomic E-state index is 13.2. The average molecular weight is 291 g/mol. The molecule has 0 saturated heterocycles. The van der Waals surface area contributed by atoms with Gasteiger partial charge in [0.25, 0.3) is 0 Å². The van der Waals surface area contributed by atoms with Gasteiger partial charge in [-0.25, -0.2) is 8.78 Å². The number of rotatable bonds is 6. The maximum absolute atomic E-state index is 13.2. The summed E-state index contributed by atoms with van der Waals surface area (Å²) in [5.41, 5.74) is -0.402. The summed E-state index contributed by atoms with van der Waals surface area (Å²) < 4.78 is 26.4. The van der Waals surface area contributed by atoms with Gasteiger partial charge in [-0.3, -0.25) is 4.79 Å². The Hall–Kier alpha value is -0.770. The van der Waals surface area contributed by atoms with Crippen molar-refractivity contribution in [2.75, 3.05) is 5.33 Å². The molecule has 0 aliphatic carbocycles. The zero-order valence-electron chi connectivity index (χ0n) is 8.81. The zero-order chi connectivity index (χ0) is 12.0. The molecule has 0 amide bonds. The molecule has 4 heteroatoms. The van der Waals surface area contributed by atoms with Gasteiger partial charge >= 0.3 is 0 Å². The molecule has 1 aromatic carbocycles. The summed E-state index contributed by atoms with van der Waals surface area (Å²) in [5.74, 6) is -2.00. The van der Waals surface area contributed by atoms with Crippen LogP contribution >= 0.6 is 15.9 Å². The van der Waals surface area contributed by atoms with Crippen LogP contribution < -0.4 is 0 Å². The van der Waals surface area contributed by atoms with E-state index < -0.39 is 23.0 Å². The van der Waals surface area contributed by atoms with Gasteiger partial charge in [0.05, 0.1) is 5.56 Å². The molecular formula is C12H13BrF2O. The second-order valence-electron chi connectivity index (χ2n) is 3.52. The molecule has 0 bridgehead atoms. The number of ketones is 1. The summed E-state index contributed by atoms with van der Waals surface area (Å²) in [6, 6.07) is 3.47. The van der Waals surface area contributed by atoms with E-state index in [1.807, 2.05) is 0 Å². The smallest absolute Gasteiger partial charge is 0.168 e. The normalized spacial score (nSPS) is 10.4. The minimum atomic E-state index is -0.773. The van der Waals surface area contributed by atoms with Crippen molar-refractivity contribution in [2.24, 2.45) is 0 Å². The molecule has 0 aromatic heterocycles. The molecule has 0 unspecified atom stereocenters. The Morgan fingerprint density at radius 2 is 1.75 bits per heavy atom. The summed E-state index contributed by atoms with van der Waals surface area (Å²) in [7, 11) is 0. The van der Waals surface area contributed by atoms with E-state index in [4.69, 9.17) is 0 Å². The Kier molecular flexibility index (Phi) is 5.60. The second-order valence-corrected chi connectivity index (χ2v) is 4.31. The first-order valence-electron chi connectivity index (χ1n) is 5.20. The van der Waals surface area contributed by atoms with Crippen LogP contribution in [-0.4, -0.2) is 11.1 Å². The molecule has 0 aliphatic heterocycles. The third kappa shape index (κ3) is 3.67. The molecule has 0 fully saturated rings. The summed E-state index contributed by atoms with van der Waals surface area (Å²) >= 11 is 3.28. The van der Waals surface area contributed by atoms with E-state index in [0.717, 1.165) is 30.3 Å². The van der Waals surface area contributed by atoms with Gasteiger partial charge in [-0.2, -0.15) is 0 Å². The minimum Gasteiger partial charge on any atom is -0.294 e. The minimum absolute atomic E-state index is 0.199. The molecule has 0 aliphatic rings. The average Bonchev–Trinajstić information content (AvgIpc) is 2.24. The molecule has 0 atom stereocenters. The molecule has 16 heavy (non-hydrogen) atoms. The van der Waals surface area contributed by atoms with E-state index in [1.165, 1.54) is 6.07 Å². The van der Waals surface area contributed by atoms with Crippen molar-refractivity contribution in [1.82, 2.24) is 0 Å². The third-order valence-electron chi connectivity index (χ3n) is 2.28. The van der Waals surface area contributed by atoms with E-state index in [9.17, 15) is 13.6 Å². The number of Topliss-reactive ketones (excluding diaryl/α,β-unsaturated/α-hetero) is 1. The van der Waals surface area contributed by atoms with Crippen LogP contribution in [0.25, 0.3) is 0 Å². The first-order valence-corrected chi connectivity index (χ1v) is 6.32. The number of unbranched alkanes of at least 4 members (excludes halogenated alkanes) is 2. The van der Waals surface area contributed by atoms with E-state index in [1.54, 1.807) is 0 Å². The fourth-order valence-electron chi connectivity index (χ4n) is 1.45. The Bertz CT molecular complexity index is 346. The molecule has 0 heterocycles. The summed E-state index contributed by atoms with van der Waals surface area (Å²) in [6.07, 6.45) is 2.71. The highest BCUT2D eigenvalue weighted by atomic mass is 79.9. The van der Waals surface area contributed by atoms with Crippen LogP contribution in [0.4, 0.5) is 8.78 Å². The van der Waals surface area contributed by atoms with Gasteiger partial charge in [0, 0.05) is 11.8 Å². The SMILES string of the molecule is O=C(CCCCCBr)c1c(F)cccc1F. The topological polar surface area (TPSA) is 17.1 Å². The molecule has 0 spiro atoms. The molecule has 1 aromatic rings. The molecule has 88 valence electrons. The van der Waals surface area contributed by atoms with Crippen LogP contribution in [0.2, 0.25) is 0 Å². The third-order valence-corrected chi connectivity index (χ3v) is 2.84. The summed E-state index contributed by atoms with van der Waals surface area (Å²) in [5, 5.41) is 0.884. The Balaban J connectivity index is 2.59. The number of hydrogen-bond acceptors (Lipinski definition) is 1. The van der Waals surface area contributed by atoms with Crippen molar-refractivity contribution >= 4 is 21.7 Å². The van der Waals surface area contributed by atoms with Crippen molar-refractivity contribution in [3.63, 3.8) is 0 Å². The van der Waals surface area contributed by atoms with Gasteiger partial charge in [0.2, 0.25) is 0 Å².